The first-order chi connectivity index (χ1) is 9.87. The zero-order chi connectivity index (χ0) is 16.9. The van der Waals surface area contributed by atoms with Crippen LogP contribution in [0.2, 0.25) is 0 Å². The monoisotopic (exact) mass is 312 g/mol. The third-order valence-electron chi connectivity index (χ3n) is 4.16. The molecule has 0 aromatic heterocycles. The van der Waals surface area contributed by atoms with E-state index in [-0.39, 0.29) is 11.0 Å². The summed E-state index contributed by atoms with van der Waals surface area (Å²) in [5.41, 5.74) is -2.45. The lowest BCUT2D eigenvalue weighted by molar-refractivity contribution is -0.228. The summed E-state index contributed by atoms with van der Waals surface area (Å²) in [5.74, 6) is 0. The Morgan fingerprint density at radius 3 is 1.73 bits per heavy atom. The maximum Gasteiger partial charge on any atom is 0.426 e. The standard InChI is InChI=1S/C18H20F4/c1-11-12-8-6-7-9-13(12)15(10-14(11)16(2,3)4)17(5,19)18(20,21)22/h6-10H,1-5H3. The van der Waals surface area contributed by atoms with E-state index < -0.39 is 11.8 Å². The minimum atomic E-state index is -4.96. The number of hydrogen-bond donors (Lipinski definition) is 0. The van der Waals surface area contributed by atoms with Crippen LogP contribution >= 0.6 is 0 Å². The molecule has 1 atom stereocenters. The minimum absolute atomic E-state index is 0.314. The van der Waals surface area contributed by atoms with Crippen molar-refractivity contribution in [1.29, 1.82) is 0 Å². The van der Waals surface area contributed by atoms with Crippen LogP contribution in [0.5, 0.6) is 0 Å². The van der Waals surface area contributed by atoms with Crippen LogP contribution < -0.4 is 0 Å². The van der Waals surface area contributed by atoms with Crippen LogP contribution in [0.4, 0.5) is 17.6 Å². The molecule has 0 nitrogen and oxygen atoms in total. The van der Waals surface area contributed by atoms with Gasteiger partial charge in [0.15, 0.2) is 0 Å². The lowest BCUT2D eigenvalue weighted by Crippen LogP contribution is -2.35. The van der Waals surface area contributed by atoms with Crippen LogP contribution in [-0.2, 0) is 11.1 Å². The quantitative estimate of drug-likeness (QED) is 0.550. The zero-order valence-electron chi connectivity index (χ0n) is 13.4. The molecular formula is C18H20F4. The minimum Gasteiger partial charge on any atom is -0.229 e. The van der Waals surface area contributed by atoms with E-state index in [0.29, 0.717) is 17.7 Å². The van der Waals surface area contributed by atoms with Gasteiger partial charge >= 0.3 is 6.18 Å². The van der Waals surface area contributed by atoms with Gasteiger partial charge in [-0.2, -0.15) is 13.2 Å². The summed E-state index contributed by atoms with van der Waals surface area (Å²) in [5, 5.41) is 0.980. The number of aryl methyl sites for hydroxylation is 1. The number of rotatable bonds is 1. The summed E-state index contributed by atoms with van der Waals surface area (Å²) >= 11 is 0. The molecule has 0 aliphatic heterocycles. The molecule has 0 saturated heterocycles. The molecule has 1 unspecified atom stereocenters. The van der Waals surface area contributed by atoms with Crippen LogP contribution in [0.3, 0.4) is 0 Å². The summed E-state index contributed by atoms with van der Waals surface area (Å²) in [6.07, 6.45) is -4.96. The smallest absolute Gasteiger partial charge is 0.229 e. The van der Waals surface area contributed by atoms with Gasteiger partial charge in [0.1, 0.15) is 0 Å². The Kier molecular flexibility index (Phi) is 3.79. The predicted molar refractivity (Wildman–Crippen MR) is 81.9 cm³/mol. The van der Waals surface area contributed by atoms with Gasteiger partial charge < -0.3 is 0 Å². The lowest BCUT2D eigenvalue weighted by Gasteiger charge is -2.30. The van der Waals surface area contributed by atoms with Crippen LogP contribution in [0.15, 0.2) is 30.3 Å². The normalized spacial score (nSPS) is 15.9. The number of halogens is 4. The first-order valence-electron chi connectivity index (χ1n) is 7.16. The second-order valence-electron chi connectivity index (χ2n) is 6.89. The van der Waals surface area contributed by atoms with Crippen LogP contribution in [0.1, 0.15) is 44.4 Å². The molecule has 2 aromatic rings. The molecule has 0 aliphatic carbocycles. The highest BCUT2D eigenvalue weighted by molar-refractivity contribution is 5.90. The van der Waals surface area contributed by atoms with E-state index in [1.54, 1.807) is 24.3 Å². The van der Waals surface area contributed by atoms with E-state index in [9.17, 15) is 17.6 Å². The molecule has 0 bridgehead atoms. The van der Waals surface area contributed by atoms with Crippen molar-refractivity contribution < 1.29 is 17.6 Å². The van der Waals surface area contributed by atoms with Crippen molar-refractivity contribution in [2.75, 3.05) is 0 Å². The third-order valence-corrected chi connectivity index (χ3v) is 4.16. The highest BCUT2D eigenvalue weighted by Gasteiger charge is 2.54. The van der Waals surface area contributed by atoms with Gasteiger partial charge in [-0.3, -0.25) is 0 Å². The van der Waals surface area contributed by atoms with E-state index in [1.807, 2.05) is 27.7 Å². The summed E-state index contributed by atoms with van der Waals surface area (Å²) in [4.78, 5) is 0. The highest BCUT2D eigenvalue weighted by atomic mass is 19.4. The van der Waals surface area contributed by atoms with E-state index in [0.717, 1.165) is 11.1 Å². The molecule has 0 saturated carbocycles. The fourth-order valence-electron chi connectivity index (χ4n) is 2.84. The fraction of sp³-hybridized carbons (Fsp3) is 0.444. The maximum absolute atomic E-state index is 14.6. The van der Waals surface area contributed by atoms with Crippen molar-refractivity contribution in [3.8, 4) is 0 Å². The molecule has 0 spiro atoms. The van der Waals surface area contributed by atoms with E-state index in [2.05, 4.69) is 0 Å². The Morgan fingerprint density at radius 2 is 1.27 bits per heavy atom. The molecular weight excluding hydrogens is 292 g/mol. The second kappa shape index (κ2) is 4.97. The van der Waals surface area contributed by atoms with Gasteiger partial charge in [-0.15, -0.1) is 0 Å². The first-order valence-corrected chi connectivity index (χ1v) is 7.16. The van der Waals surface area contributed by atoms with Crippen LogP contribution in [-0.4, -0.2) is 6.18 Å². The van der Waals surface area contributed by atoms with Crippen molar-refractivity contribution in [3.05, 3.63) is 47.0 Å². The van der Waals surface area contributed by atoms with E-state index in [4.69, 9.17) is 0 Å². The van der Waals surface area contributed by atoms with Gasteiger partial charge in [-0.05, 0) is 41.2 Å². The van der Waals surface area contributed by atoms with E-state index >= 15 is 0 Å². The van der Waals surface area contributed by atoms with Gasteiger partial charge in [0.2, 0.25) is 5.67 Å². The Balaban J connectivity index is 2.94. The molecule has 0 amide bonds. The molecule has 4 heteroatoms. The Bertz CT molecular complexity index is 703. The van der Waals surface area contributed by atoms with Crippen LogP contribution in [0.25, 0.3) is 10.8 Å². The molecule has 2 aromatic carbocycles. The molecule has 0 aliphatic rings. The average Bonchev–Trinajstić information content (AvgIpc) is 2.36. The second-order valence-corrected chi connectivity index (χ2v) is 6.89. The Morgan fingerprint density at radius 1 is 0.773 bits per heavy atom. The average molecular weight is 312 g/mol. The van der Waals surface area contributed by atoms with Gasteiger partial charge in [0.05, 0.1) is 0 Å². The molecule has 0 N–H and O–H groups in total. The Labute approximate surface area is 128 Å². The first kappa shape index (κ1) is 16.8. The molecule has 120 valence electrons. The maximum atomic E-state index is 14.6. The van der Waals surface area contributed by atoms with Crippen molar-refractivity contribution in [3.63, 3.8) is 0 Å². The summed E-state index contributed by atoms with van der Waals surface area (Å²) in [7, 11) is 0. The van der Waals surface area contributed by atoms with Crippen molar-refractivity contribution in [2.45, 2.75) is 51.9 Å². The molecule has 0 heterocycles. The van der Waals surface area contributed by atoms with E-state index in [1.165, 1.54) is 6.07 Å². The highest BCUT2D eigenvalue weighted by Crippen LogP contribution is 2.46. The van der Waals surface area contributed by atoms with Crippen molar-refractivity contribution in [1.82, 2.24) is 0 Å². The summed E-state index contributed by atoms with van der Waals surface area (Å²) < 4.78 is 54.2. The Hall–Kier alpha value is -1.58. The molecule has 0 radical (unpaired) electrons. The van der Waals surface area contributed by atoms with Crippen molar-refractivity contribution in [2.24, 2.45) is 0 Å². The van der Waals surface area contributed by atoms with Crippen molar-refractivity contribution >= 4 is 10.8 Å². The third kappa shape index (κ3) is 2.59. The molecule has 22 heavy (non-hydrogen) atoms. The molecule has 2 rings (SSSR count). The SMILES string of the molecule is Cc1c(C(C)(C)C)cc(C(C)(F)C(F)(F)F)c2ccccc12. The number of alkyl halides is 4. The fourth-order valence-corrected chi connectivity index (χ4v) is 2.84. The topological polar surface area (TPSA) is 0 Å². The zero-order valence-corrected chi connectivity index (χ0v) is 13.4. The van der Waals surface area contributed by atoms with Crippen LogP contribution in [0, 0.1) is 6.92 Å². The van der Waals surface area contributed by atoms with Gasteiger partial charge in [-0.1, -0.05) is 51.1 Å². The van der Waals surface area contributed by atoms with Gasteiger partial charge in [0, 0.05) is 5.56 Å². The predicted octanol–water partition coefficient (Wildman–Crippen LogP) is 6.19. The number of fused-ring (bicyclic) bond motifs is 1. The number of benzene rings is 2. The van der Waals surface area contributed by atoms with Gasteiger partial charge in [0.25, 0.3) is 0 Å². The largest absolute Gasteiger partial charge is 0.426 e. The van der Waals surface area contributed by atoms with Gasteiger partial charge in [-0.25, -0.2) is 4.39 Å². The summed E-state index contributed by atoms with van der Waals surface area (Å²) in [6, 6.07) is 8.07. The lowest BCUT2D eigenvalue weighted by atomic mass is 9.78. The molecule has 0 fully saturated rings. The number of hydrogen-bond acceptors (Lipinski definition) is 0. The summed E-state index contributed by atoms with van der Waals surface area (Å²) in [6.45, 7) is 8.21.